The van der Waals surface area contributed by atoms with Crippen LogP contribution in [0.2, 0.25) is 0 Å². The fraction of sp³-hybridized carbons (Fsp3) is 0.471. The second kappa shape index (κ2) is 4.74. The van der Waals surface area contributed by atoms with E-state index in [0.717, 1.165) is 30.3 Å². The fourth-order valence-corrected chi connectivity index (χ4v) is 3.18. The number of para-hydroxylation sites is 1. The quantitative estimate of drug-likeness (QED) is 0.927. The van der Waals surface area contributed by atoms with Gasteiger partial charge in [-0.3, -0.25) is 4.98 Å². The maximum absolute atomic E-state index is 4.76. The molecule has 1 saturated heterocycles. The molecule has 1 aliphatic carbocycles. The van der Waals surface area contributed by atoms with Gasteiger partial charge in [-0.25, -0.2) is 0 Å². The first-order valence-corrected chi connectivity index (χ1v) is 7.67. The van der Waals surface area contributed by atoms with Gasteiger partial charge in [0.2, 0.25) is 0 Å². The predicted molar refractivity (Wildman–Crippen MR) is 83.3 cm³/mol. The normalized spacial score (nSPS) is 22.6. The molecule has 1 atom stereocenters. The van der Waals surface area contributed by atoms with Crippen molar-refractivity contribution in [2.45, 2.75) is 38.3 Å². The molecule has 2 heterocycles. The molecule has 20 heavy (non-hydrogen) atoms. The van der Waals surface area contributed by atoms with Crippen LogP contribution in [0.25, 0.3) is 10.9 Å². The number of fused-ring (bicyclic) bond motifs is 1. The van der Waals surface area contributed by atoms with E-state index in [9.17, 15) is 0 Å². The van der Waals surface area contributed by atoms with Crippen molar-refractivity contribution in [2.75, 3.05) is 18.0 Å². The Balaban J connectivity index is 1.63. The highest BCUT2D eigenvalue weighted by molar-refractivity contribution is 5.91. The smallest absolute Gasteiger partial charge is 0.0938 e. The molecule has 0 radical (unpaired) electrons. The number of hydrogen-bond donors (Lipinski definition) is 1. The number of anilines is 1. The maximum Gasteiger partial charge on any atom is 0.0938 e. The largest absolute Gasteiger partial charge is 0.368 e. The Morgan fingerprint density at radius 2 is 2.00 bits per heavy atom. The van der Waals surface area contributed by atoms with Crippen LogP contribution in [0.1, 0.15) is 25.0 Å². The standard InChI is InChI=1S/C17H21N3/c1-12-5-6-13-3-2-4-16(17(13)18-12)20-10-9-15(11-20)19-14-7-8-14/h2-6,14-15,19H,7-11H2,1H3. The van der Waals surface area contributed by atoms with Gasteiger partial charge >= 0.3 is 0 Å². The van der Waals surface area contributed by atoms with Crippen molar-refractivity contribution in [3.8, 4) is 0 Å². The van der Waals surface area contributed by atoms with Crippen LogP contribution in [0.3, 0.4) is 0 Å². The number of pyridine rings is 1. The first kappa shape index (κ1) is 12.2. The monoisotopic (exact) mass is 267 g/mol. The van der Waals surface area contributed by atoms with Gasteiger partial charge in [-0.05, 0) is 38.3 Å². The molecule has 1 saturated carbocycles. The molecule has 2 fully saturated rings. The molecule has 4 rings (SSSR count). The number of nitrogens with zero attached hydrogens (tertiary/aromatic N) is 2. The van der Waals surface area contributed by atoms with Gasteiger partial charge in [-0.2, -0.15) is 0 Å². The second-order valence-corrected chi connectivity index (χ2v) is 6.17. The van der Waals surface area contributed by atoms with E-state index in [2.05, 4.69) is 47.5 Å². The molecular formula is C17H21N3. The average Bonchev–Trinajstić information content (AvgIpc) is 3.14. The SMILES string of the molecule is Cc1ccc2cccc(N3CCC(NC4CC4)C3)c2n1. The molecule has 1 aliphatic heterocycles. The third kappa shape index (κ3) is 2.27. The minimum atomic E-state index is 0.655. The zero-order valence-corrected chi connectivity index (χ0v) is 12.0. The van der Waals surface area contributed by atoms with Gasteiger partial charge in [0, 0.05) is 36.3 Å². The van der Waals surface area contributed by atoms with Crippen LogP contribution in [-0.2, 0) is 0 Å². The number of hydrogen-bond acceptors (Lipinski definition) is 3. The summed E-state index contributed by atoms with van der Waals surface area (Å²) in [5.41, 5.74) is 3.54. The Morgan fingerprint density at radius 1 is 1.10 bits per heavy atom. The zero-order chi connectivity index (χ0) is 13.5. The van der Waals surface area contributed by atoms with Gasteiger partial charge < -0.3 is 10.2 Å². The van der Waals surface area contributed by atoms with Gasteiger partial charge in [0.1, 0.15) is 0 Å². The van der Waals surface area contributed by atoms with Crippen molar-refractivity contribution in [3.63, 3.8) is 0 Å². The first-order chi connectivity index (χ1) is 9.79. The summed E-state index contributed by atoms with van der Waals surface area (Å²) in [4.78, 5) is 7.25. The van der Waals surface area contributed by atoms with Crippen molar-refractivity contribution in [3.05, 3.63) is 36.0 Å². The Labute approximate surface area is 120 Å². The zero-order valence-electron chi connectivity index (χ0n) is 12.0. The number of benzene rings is 1. The lowest BCUT2D eigenvalue weighted by atomic mass is 10.1. The van der Waals surface area contributed by atoms with Gasteiger partial charge in [0.25, 0.3) is 0 Å². The molecule has 0 bridgehead atoms. The number of aryl methyl sites for hydroxylation is 1. The highest BCUT2D eigenvalue weighted by Crippen LogP contribution is 2.29. The summed E-state index contributed by atoms with van der Waals surface area (Å²) < 4.78 is 0. The number of rotatable bonds is 3. The molecule has 104 valence electrons. The summed E-state index contributed by atoms with van der Waals surface area (Å²) in [6.45, 7) is 4.32. The Bertz CT molecular complexity index is 633. The van der Waals surface area contributed by atoms with Crippen LogP contribution in [0, 0.1) is 6.92 Å². The minimum absolute atomic E-state index is 0.655. The van der Waals surface area contributed by atoms with Crippen LogP contribution in [0.5, 0.6) is 0 Å². The van der Waals surface area contributed by atoms with Gasteiger partial charge in [-0.15, -0.1) is 0 Å². The lowest BCUT2D eigenvalue weighted by molar-refractivity contribution is 0.548. The highest BCUT2D eigenvalue weighted by Gasteiger charge is 2.29. The Kier molecular flexibility index (Phi) is 2.88. The number of nitrogens with one attached hydrogen (secondary N) is 1. The van der Waals surface area contributed by atoms with E-state index in [0.29, 0.717) is 6.04 Å². The molecule has 2 aromatic rings. The molecule has 1 unspecified atom stereocenters. The molecular weight excluding hydrogens is 246 g/mol. The van der Waals surface area contributed by atoms with Crippen molar-refractivity contribution in [1.29, 1.82) is 0 Å². The lowest BCUT2D eigenvalue weighted by Crippen LogP contribution is -2.34. The molecule has 3 nitrogen and oxygen atoms in total. The number of aromatic nitrogens is 1. The van der Waals surface area contributed by atoms with Crippen molar-refractivity contribution in [1.82, 2.24) is 10.3 Å². The minimum Gasteiger partial charge on any atom is -0.368 e. The lowest BCUT2D eigenvalue weighted by Gasteiger charge is -2.20. The van der Waals surface area contributed by atoms with E-state index in [-0.39, 0.29) is 0 Å². The van der Waals surface area contributed by atoms with Gasteiger partial charge in [0.15, 0.2) is 0 Å². The third-order valence-corrected chi connectivity index (χ3v) is 4.42. The molecule has 0 amide bonds. The summed E-state index contributed by atoms with van der Waals surface area (Å²) >= 11 is 0. The molecule has 1 N–H and O–H groups in total. The first-order valence-electron chi connectivity index (χ1n) is 7.67. The van der Waals surface area contributed by atoms with E-state index in [4.69, 9.17) is 4.98 Å². The molecule has 1 aromatic heterocycles. The Hall–Kier alpha value is -1.61. The van der Waals surface area contributed by atoms with Crippen LogP contribution in [0.15, 0.2) is 30.3 Å². The predicted octanol–water partition coefficient (Wildman–Crippen LogP) is 2.87. The van der Waals surface area contributed by atoms with Crippen LogP contribution in [0.4, 0.5) is 5.69 Å². The molecule has 2 aliphatic rings. The summed E-state index contributed by atoms with van der Waals surface area (Å²) in [7, 11) is 0. The van der Waals surface area contributed by atoms with Crippen LogP contribution >= 0.6 is 0 Å². The summed E-state index contributed by atoms with van der Waals surface area (Å²) in [6.07, 6.45) is 3.98. The van der Waals surface area contributed by atoms with E-state index in [1.165, 1.54) is 30.3 Å². The van der Waals surface area contributed by atoms with E-state index in [1.54, 1.807) is 0 Å². The van der Waals surface area contributed by atoms with Crippen molar-refractivity contribution < 1.29 is 0 Å². The van der Waals surface area contributed by atoms with Crippen molar-refractivity contribution >= 4 is 16.6 Å². The second-order valence-electron chi connectivity index (χ2n) is 6.17. The topological polar surface area (TPSA) is 28.2 Å². The summed E-state index contributed by atoms with van der Waals surface area (Å²) in [5.74, 6) is 0. The van der Waals surface area contributed by atoms with E-state index in [1.807, 2.05) is 0 Å². The van der Waals surface area contributed by atoms with Crippen LogP contribution in [-0.4, -0.2) is 30.2 Å². The molecule has 0 spiro atoms. The summed E-state index contributed by atoms with van der Waals surface area (Å²) in [6, 6.07) is 12.2. The highest BCUT2D eigenvalue weighted by atomic mass is 15.2. The average molecular weight is 267 g/mol. The van der Waals surface area contributed by atoms with Crippen molar-refractivity contribution in [2.24, 2.45) is 0 Å². The van der Waals surface area contributed by atoms with E-state index < -0.39 is 0 Å². The van der Waals surface area contributed by atoms with Gasteiger partial charge in [-0.1, -0.05) is 18.2 Å². The summed E-state index contributed by atoms with van der Waals surface area (Å²) in [5, 5.41) is 4.99. The third-order valence-electron chi connectivity index (χ3n) is 4.42. The van der Waals surface area contributed by atoms with Crippen LogP contribution < -0.4 is 10.2 Å². The molecule has 1 aromatic carbocycles. The molecule has 3 heteroatoms. The van der Waals surface area contributed by atoms with E-state index >= 15 is 0 Å². The van der Waals surface area contributed by atoms with Gasteiger partial charge in [0.05, 0.1) is 11.2 Å². The fourth-order valence-electron chi connectivity index (χ4n) is 3.18. The Morgan fingerprint density at radius 3 is 2.85 bits per heavy atom. The maximum atomic E-state index is 4.76.